The third-order valence-electron chi connectivity index (χ3n) is 5.91. The molecular weight excluding hydrogens is 429 g/mol. The zero-order chi connectivity index (χ0) is 23.9. The van der Waals surface area contributed by atoms with Crippen LogP contribution in [0.15, 0.2) is 66.7 Å². The van der Waals surface area contributed by atoms with Gasteiger partial charge in [-0.1, -0.05) is 30.3 Å². The van der Waals surface area contributed by atoms with E-state index in [0.717, 1.165) is 53.1 Å². The van der Waals surface area contributed by atoms with Crippen LogP contribution in [-0.2, 0) is 13.0 Å². The lowest BCUT2D eigenvalue weighted by molar-refractivity contribution is 0.0954. The number of hydrogen-bond acceptors (Lipinski definition) is 3. The highest BCUT2D eigenvalue weighted by Gasteiger charge is 2.12. The third kappa shape index (κ3) is 5.63. The number of aromatic nitrogens is 2. The van der Waals surface area contributed by atoms with E-state index >= 15 is 0 Å². The number of amides is 1. The van der Waals surface area contributed by atoms with Gasteiger partial charge in [-0.15, -0.1) is 0 Å². The van der Waals surface area contributed by atoms with E-state index in [0.29, 0.717) is 25.1 Å². The van der Waals surface area contributed by atoms with Crippen LogP contribution in [0.3, 0.4) is 0 Å². The summed E-state index contributed by atoms with van der Waals surface area (Å²) in [4.78, 5) is 17.1. The maximum atomic E-state index is 13.1. The average Bonchev–Trinajstić information content (AvgIpc) is 3.18. The van der Waals surface area contributed by atoms with Crippen molar-refractivity contribution in [3.63, 3.8) is 0 Å². The monoisotopic (exact) mass is 459 g/mol. The Kier molecular flexibility index (Phi) is 7.58. The molecule has 1 N–H and O–H groups in total. The maximum Gasteiger partial charge on any atom is 0.251 e. The van der Waals surface area contributed by atoms with Crippen molar-refractivity contribution in [2.75, 3.05) is 13.2 Å². The van der Waals surface area contributed by atoms with Gasteiger partial charge < -0.3 is 14.6 Å². The fourth-order valence-electron chi connectivity index (χ4n) is 4.13. The van der Waals surface area contributed by atoms with E-state index in [1.165, 1.54) is 24.3 Å². The highest BCUT2D eigenvalue weighted by Crippen LogP contribution is 2.23. The number of nitrogens with zero attached hydrogens (tertiary/aromatic N) is 2. The number of hydrogen-bond donors (Lipinski definition) is 1. The molecule has 0 radical (unpaired) electrons. The number of halogens is 1. The molecule has 0 saturated carbocycles. The minimum absolute atomic E-state index is 0.216. The number of rotatable bonds is 10. The van der Waals surface area contributed by atoms with Gasteiger partial charge in [0.1, 0.15) is 17.4 Å². The minimum Gasteiger partial charge on any atom is -0.493 e. The third-order valence-corrected chi connectivity index (χ3v) is 5.91. The van der Waals surface area contributed by atoms with Crippen LogP contribution in [0.4, 0.5) is 4.39 Å². The smallest absolute Gasteiger partial charge is 0.251 e. The van der Waals surface area contributed by atoms with Crippen LogP contribution in [-0.4, -0.2) is 28.6 Å². The first-order chi connectivity index (χ1) is 16.5. The van der Waals surface area contributed by atoms with Crippen LogP contribution >= 0.6 is 0 Å². The van der Waals surface area contributed by atoms with Crippen molar-refractivity contribution in [3.05, 3.63) is 95.1 Å². The van der Waals surface area contributed by atoms with Crippen LogP contribution in [0.2, 0.25) is 0 Å². The second-order valence-corrected chi connectivity index (χ2v) is 8.46. The summed E-state index contributed by atoms with van der Waals surface area (Å²) in [6.07, 6.45) is 2.50. The zero-order valence-electron chi connectivity index (χ0n) is 19.7. The molecule has 0 unspecified atom stereocenters. The number of aryl methyl sites for hydroxylation is 3. The molecule has 1 amide bonds. The molecule has 0 atom stereocenters. The summed E-state index contributed by atoms with van der Waals surface area (Å²) in [6, 6.07) is 19.8. The van der Waals surface area contributed by atoms with Gasteiger partial charge in [0.25, 0.3) is 5.91 Å². The Balaban J connectivity index is 1.34. The Hall–Kier alpha value is -3.67. The van der Waals surface area contributed by atoms with Crippen molar-refractivity contribution in [2.24, 2.45) is 0 Å². The lowest BCUT2D eigenvalue weighted by Crippen LogP contribution is -2.26. The molecule has 0 bridgehead atoms. The van der Waals surface area contributed by atoms with Gasteiger partial charge in [0, 0.05) is 25.1 Å². The van der Waals surface area contributed by atoms with Gasteiger partial charge in [0.15, 0.2) is 0 Å². The average molecular weight is 460 g/mol. The van der Waals surface area contributed by atoms with Crippen LogP contribution in [0.5, 0.6) is 5.75 Å². The summed E-state index contributed by atoms with van der Waals surface area (Å²) in [5.74, 6) is 1.35. The fourth-order valence-corrected chi connectivity index (χ4v) is 4.13. The molecule has 4 aromatic rings. The highest BCUT2D eigenvalue weighted by atomic mass is 19.1. The van der Waals surface area contributed by atoms with E-state index in [2.05, 4.69) is 41.9 Å². The standard InChI is InChI=1S/C28H30FN3O2/c1-20-8-7-9-21(2)27(20)34-19-6-5-18-32-25-11-4-3-10-24(25)31-26(32)16-17-30-28(33)22-12-14-23(29)15-13-22/h3-4,7-15H,5-6,16-19H2,1-2H3,(H,30,33). The molecule has 3 aromatic carbocycles. The SMILES string of the molecule is Cc1cccc(C)c1OCCCCn1c(CCNC(=O)c2ccc(F)cc2)nc2ccccc21. The summed E-state index contributed by atoms with van der Waals surface area (Å²) >= 11 is 0. The summed E-state index contributed by atoms with van der Waals surface area (Å²) in [5, 5.41) is 2.91. The van der Waals surface area contributed by atoms with E-state index in [-0.39, 0.29) is 11.7 Å². The van der Waals surface area contributed by atoms with Crippen molar-refractivity contribution in [3.8, 4) is 5.75 Å². The molecule has 0 saturated heterocycles. The van der Waals surface area contributed by atoms with Crippen LogP contribution in [0.25, 0.3) is 11.0 Å². The van der Waals surface area contributed by atoms with E-state index in [1.54, 1.807) is 0 Å². The van der Waals surface area contributed by atoms with Gasteiger partial charge in [-0.3, -0.25) is 4.79 Å². The number of unbranched alkanes of at least 4 members (excludes halogenated alkanes) is 1. The predicted octanol–water partition coefficient (Wildman–Crippen LogP) is 5.62. The Bertz CT molecular complexity index is 1240. The number of nitrogens with one attached hydrogen (secondary N) is 1. The molecule has 1 heterocycles. The van der Waals surface area contributed by atoms with Crippen LogP contribution in [0, 0.1) is 19.7 Å². The second kappa shape index (κ2) is 11.0. The molecule has 0 aliphatic carbocycles. The van der Waals surface area contributed by atoms with Gasteiger partial charge in [-0.2, -0.15) is 0 Å². The van der Waals surface area contributed by atoms with Crippen molar-refractivity contribution in [1.82, 2.24) is 14.9 Å². The summed E-state index contributed by atoms with van der Waals surface area (Å²) in [7, 11) is 0. The Morgan fingerprint density at radius 2 is 1.71 bits per heavy atom. The first-order valence-electron chi connectivity index (χ1n) is 11.7. The first-order valence-corrected chi connectivity index (χ1v) is 11.7. The van der Waals surface area contributed by atoms with Gasteiger partial charge in [-0.05, 0) is 74.2 Å². The number of imidazole rings is 1. The van der Waals surface area contributed by atoms with E-state index in [9.17, 15) is 9.18 Å². The Morgan fingerprint density at radius 3 is 2.47 bits per heavy atom. The quantitative estimate of drug-likeness (QED) is 0.313. The first kappa shape index (κ1) is 23.5. The Morgan fingerprint density at radius 1 is 0.971 bits per heavy atom. The van der Waals surface area contributed by atoms with Crippen molar-refractivity contribution in [1.29, 1.82) is 0 Å². The van der Waals surface area contributed by atoms with Gasteiger partial charge >= 0.3 is 0 Å². The maximum absolute atomic E-state index is 13.1. The molecule has 1 aromatic heterocycles. The van der Waals surface area contributed by atoms with Crippen molar-refractivity contribution in [2.45, 2.75) is 39.7 Å². The minimum atomic E-state index is -0.357. The normalized spacial score (nSPS) is 11.0. The molecule has 0 fully saturated rings. The number of para-hydroxylation sites is 3. The van der Waals surface area contributed by atoms with Crippen molar-refractivity contribution < 1.29 is 13.9 Å². The topological polar surface area (TPSA) is 56.1 Å². The number of carbonyl (C=O) groups is 1. The second-order valence-electron chi connectivity index (χ2n) is 8.46. The van der Waals surface area contributed by atoms with E-state index < -0.39 is 0 Å². The van der Waals surface area contributed by atoms with Gasteiger partial charge in [0.05, 0.1) is 17.6 Å². The molecule has 0 aliphatic heterocycles. The zero-order valence-corrected chi connectivity index (χ0v) is 19.7. The molecule has 4 rings (SSSR count). The van der Waals surface area contributed by atoms with Crippen LogP contribution < -0.4 is 10.1 Å². The van der Waals surface area contributed by atoms with E-state index in [1.807, 2.05) is 24.3 Å². The molecule has 0 aliphatic rings. The lowest BCUT2D eigenvalue weighted by atomic mass is 10.1. The molecule has 34 heavy (non-hydrogen) atoms. The number of benzene rings is 3. The lowest BCUT2D eigenvalue weighted by Gasteiger charge is -2.13. The van der Waals surface area contributed by atoms with E-state index in [4.69, 9.17) is 9.72 Å². The summed E-state index contributed by atoms with van der Waals surface area (Å²) in [6.45, 7) is 6.09. The molecular formula is C28H30FN3O2. The highest BCUT2D eigenvalue weighted by molar-refractivity contribution is 5.94. The van der Waals surface area contributed by atoms with Gasteiger partial charge in [-0.25, -0.2) is 9.37 Å². The number of fused-ring (bicyclic) bond motifs is 1. The van der Waals surface area contributed by atoms with Crippen LogP contribution in [0.1, 0.15) is 40.2 Å². The Labute approximate surface area is 199 Å². The molecule has 6 heteroatoms. The molecule has 5 nitrogen and oxygen atoms in total. The molecule has 0 spiro atoms. The largest absolute Gasteiger partial charge is 0.493 e. The number of carbonyl (C=O) groups excluding carboxylic acids is 1. The fraction of sp³-hybridized carbons (Fsp3) is 0.286. The van der Waals surface area contributed by atoms with Crippen molar-refractivity contribution >= 4 is 16.9 Å². The summed E-state index contributed by atoms with van der Waals surface area (Å²) < 4.78 is 21.4. The van der Waals surface area contributed by atoms with Gasteiger partial charge in [0.2, 0.25) is 0 Å². The summed E-state index contributed by atoms with van der Waals surface area (Å²) in [5.41, 5.74) is 4.81. The molecule has 176 valence electrons. The predicted molar refractivity (Wildman–Crippen MR) is 133 cm³/mol. The number of ether oxygens (including phenoxy) is 1.